The summed E-state index contributed by atoms with van der Waals surface area (Å²) in [6.45, 7) is 3.99. The largest absolute Gasteiger partial charge is 0.496 e. The molecule has 0 saturated carbocycles. The maximum Gasteiger partial charge on any atom is 0.158 e. The summed E-state index contributed by atoms with van der Waals surface area (Å²) in [5.41, 5.74) is 8.90. The van der Waals surface area contributed by atoms with Crippen LogP contribution in [0.1, 0.15) is 23.6 Å². The number of hydrogen-bond donors (Lipinski definition) is 1. The molecule has 0 unspecified atom stereocenters. The fourth-order valence-electron chi connectivity index (χ4n) is 4.12. The normalized spacial score (nSPS) is 17.3. The number of nitrogens with zero attached hydrogens (tertiary/aromatic N) is 4. The molecular weight excluding hydrogens is 354 g/mol. The summed E-state index contributed by atoms with van der Waals surface area (Å²) in [4.78, 5) is 6.96. The van der Waals surface area contributed by atoms with Crippen LogP contribution in [0.2, 0.25) is 0 Å². The van der Waals surface area contributed by atoms with Gasteiger partial charge in [0.1, 0.15) is 11.5 Å². The number of nitrogens with two attached hydrogens (primary N) is 1. The van der Waals surface area contributed by atoms with Crippen molar-refractivity contribution in [1.29, 1.82) is 0 Å². The van der Waals surface area contributed by atoms with Crippen LogP contribution in [0.3, 0.4) is 0 Å². The Kier molecular flexibility index (Phi) is 5.45. The molecule has 148 valence electrons. The summed E-state index contributed by atoms with van der Waals surface area (Å²) in [5, 5.41) is 6.00. The lowest BCUT2D eigenvalue weighted by Crippen LogP contribution is -2.21. The third-order valence-electron chi connectivity index (χ3n) is 5.45. The third-order valence-corrected chi connectivity index (χ3v) is 5.45. The van der Waals surface area contributed by atoms with Crippen LogP contribution in [0.15, 0.2) is 36.5 Å². The second-order valence-electron chi connectivity index (χ2n) is 7.13. The Bertz CT molecular complexity index is 933. The Labute approximate surface area is 165 Å². The molecule has 28 heavy (non-hydrogen) atoms. The van der Waals surface area contributed by atoms with Gasteiger partial charge < -0.3 is 15.2 Å². The van der Waals surface area contributed by atoms with Crippen LogP contribution < -0.4 is 15.2 Å². The van der Waals surface area contributed by atoms with Crippen LogP contribution >= 0.6 is 0 Å². The summed E-state index contributed by atoms with van der Waals surface area (Å²) in [5.74, 6) is 2.11. The molecule has 0 spiro atoms. The van der Waals surface area contributed by atoms with Gasteiger partial charge in [0, 0.05) is 37.1 Å². The molecule has 0 amide bonds. The van der Waals surface area contributed by atoms with E-state index in [2.05, 4.69) is 16.0 Å². The van der Waals surface area contributed by atoms with Crippen LogP contribution in [0.25, 0.3) is 11.0 Å². The molecule has 3 aromatic rings. The van der Waals surface area contributed by atoms with Gasteiger partial charge in [0.2, 0.25) is 0 Å². The van der Waals surface area contributed by atoms with E-state index in [4.69, 9.17) is 20.3 Å². The number of likely N-dealkylation sites (tertiary alicyclic amines) is 1. The SMILES string of the molecule is COc1cccc(OC)c1CN1CC[C@H](c2nn(CCN)c3ncccc23)C1. The highest BCUT2D eigenvalue weighted by Gasteiger charge is 2.29. The Morgan fingerprint density at radius 3 is 2.64 bits per heavy atom. The van der Waals surface area contributed by atoms with Crippen molar-refractivity contribution in [2.45, 2.75) is 25.4 Å². The molecule has 1 aliphatic heterocycles. The van der Waals surface area contributed by atoms with Crippen molar-refractivity contribution in [2.24, 2.45) is 5.73 Å². The molecule has 2 aromatic heterocycles. The average Bonchev–Trinajstić information content (AvgIpc) is 3.33. The minimum atomic E-state index is 0.381. The van der Waals surface area contributed by atoms with Crippen molar-refractivity contribution in [3.63, 3.8) is 0 Å². The highest BCUT2D eigenvalue weighted by atomic mass is 16.5. The van der Waals surface area contributed by atoms with Crippen LogP contribution in [0.4, 0.5) is 0 Å². The summed E-state index contributed by atoms with van der Waals surface area (Å²) >= 11 is 0. The number of ether oxygens (including phenoxy) is 2. The van der Waals surface area contributed by atoms with E-state index in [1.807, 2.05) is 35.1 Å². The van der Waals surface area contributed by atoms with Crippen molar-refractivity contribution in [1.82, 2.24) is 19.7 Å². The van der Waals surface area contributed by atoms with Gasteiger partial charge in [-0.15, -0.1) is 0 Å². The van der Waals surface area contributed by atoms with E-state index >= 15 is 0 Å². The van der Waals surface area contributed by atoms with Crippen molar-refractivity contribution in [3.05, 3.63) is 47.8 Å². The number of fused-ring (bicyclic) bond motifs is 1. The molecule has 2 N–H and O–H groups in total. The lowest BCUT2D eigenvalue weighted by molar-refractivity contribution is 0.305. The number of pyridine rings is 1. The number of methoxy groups -OCH3 is 2. The smallest absolute Gasteiger partial charge is 0.158 e. The molecule has 0 radical (unpaired) electrons. The van der Waals surface area contributed by atoms with Gasteiger partial charge in [-0.3, -0.25) is 4.90 Å². The van der Waals surface area contributed by atoms with Crippen molar-refractivity contribution < 1.29 is 9.47 Å². The molecule has 4 rings (SSSR count). The van der Waals surface area contributed by atoms with Gasteiger partial charge in [0.05, 0.1) is 32.0 Å². The first-order valence-electron chi connectivity index (χ1n) is 9.69. The van der Waals surface area contributed by atoms with E-state index < -0.39 is 0 Å². The van der Waals surface area contributed by atoms with Crippen LogP contribution in [-0.2, 0) is 13.1 Å². The van der Waals surface area contributed by atoms with Crippen LogP contribution in [0.5, 0.6) is 11.5 Å². The standard InChI is InChI=1S/C21H27N5O2/c1-27-18-6-3-7-19(28-2)17(18)14-25-11-8-15(13-25)20-16-5-4-10-23-21(16)26(24-20)12-9-22/h3-7,10,15H,8-9,11-14,22H2,1-2H3/t15-/m0/s1. The molecule has 7 nitrogen and oxygen atoms in total. The van der Waals surface area contributed by atoms with E-state index in [1.165, 1.54) is 0 Å². The Morgan fingerprint density at radius 2 is 1.93 bits per heavy atom. The van der Waals surface area contributed by atoms with Gasteiger partial charge in [-0.1, -0.05) is 6.07 Å². The molecule has 1 atom stereocenters. The Morgan fingerprint density at radius 1 is 1.14 bits per heavy atom. The lowest BCUT2D eigenvalue weighted by atomic mass is 10.0. The lowest BCUT2D eigenvalue weighted by Gasteiger charge is -2.19. The van der Waals surface area contributed by atoms with Gasteiger partial charge in [-0.05, 0) is 37.2 Å². The van der Waals surface area contributed by atoms with E-state index in [-0.39, 0.29) is 0 Å². The van der Waals surface area contributed by atoms with Crippen molar-refractivity contribution >= 4 is 11.0 Å². The zero-order chi connectivity index (χ0) is 19.5. The zero-order valence-corrected chi connectivity index (χ0v) is 16.5. The van der Waals surface area contributed by atoms with Gasteiger partial charge >= 0.3 is 0 Å². The van der Waals surface area contributed by atoms with Crippen LogP contribution in [0, 0.1) is 0 Å². The highest BCUT2D eigenvalue weighted by Crippen LogP contribution is 2.35. The average molecular weight is 381 g/mol. The molecular formula is C21H27N5O2. The van der Waals surface area contributed by atoms with Crippen LogP contribution in [-0.4, -0.2) is 53.5 Å². The molecule has 7 heteroatoms. The summed E-state index contributed by atoms with van der Waals surface area (Å²) < 4.78 is 13.1. The van der Waals surface area contributed by atoms with Gasteiger partial charge in [0.25, 0.3) is 0 Å². The van der Waals surface area contributed by atoms with E-state index in [1.54, 1.807) is 14.2 Å². The maximum atomic E-state index is 5.76. The van der Waals surface area contributed by atoms with E-state index in [0.717, 1.165) is 59.8 Å². The first-order valence-corrected chi connectivity index (χ1v) is 9.69. The minimum Gasteiger partial charge on any atom is -0.496 e. The monoisotopic (exact) mass is 381 g/mol. The zero-order valence-electron chi connectivity index (χ0n) is 16.5. The molecule has 3 heterocycles. The molecule has 0 aliphatic carbocycles. The Hall–Kier alpha value is -2.64. The second kappa shape index (κ2) is 8.16. The maximum absolute atomic E-state index is 5.76. The summed E-state index contributed by atoms with van der Waals surface area (Å²) in [7, 11) is 3.41. The predicted molar refractivity (Wildman–Crippen MR) is 109 cm³/mol. The molecule has 1 saturated heterocycles. The van der Waals surface area contributed by atoms with Gasteiger partial charge in [-0.25, -0.2) is 9.67 Å². The van der Waals surface area contributed by atoms with Crippen molar-refractivity contribution in [3.8, 4) is 11.5 Å². The van der Waals surface area contributed by atoms with Gasteiger partial charge in [-0.2, -0.15) is 5.10 Å². The number of hydrogen-bond acceptors (Lipinski definition) is 6. The quantitative estimate of drug-likeness (QED) is 0.677. The number of rotatable bonds is 7. The third kappa shape index (κ3) is 3.43. The first kappa shape index (κ1) is 18.7. The fourth-order valence-corrected chi connectivity index (χ4v) is 4.12. The topological polar surface area (TPSA) is 78.4 Å². The second-order valence-corrected chi connectivity index (χ2v) is 7.13. The predicted octanol–water partition coefficient (Wildman–Crippen LogP) is 2.40. The molecule has 1 aromatic carbocycles. The molecule has 0 bridgehead atoms. The minimum absolute atomic E-state index is 0.381. The van der Waals surface area contributed by atoms with Crippen molar-refractivity contribution in [2.75, 3.05) is 33.9 Å². The van der Waals surface area contributed by atoms with E-state index in [9.17, 15) is 0 Å². The Balaban J connectivity index is 1.57. The first-order chi connectivity index (χ1) is 13.7. The number of benzene rings is 1. The molecule has 1 fully saturated rings. The number of aromatic nitrogens is 3. The summed E-state index contributed by atoms with van der Waals surface area (Å²) in [6.07, 6.45) is 2.89. The summed E-state index contributed by atoms with van der Waals surface area (Å²) in [6, 6.07) is 10.0. The van der Waals surface area contributed by atoms with E-state index in [0.29, 0.717) is 19.0 Å². The van der Waals surface area contributed by atoms with Gasteiger partial charge in [0.15, 0.2) is 5.65 Å². The highest BCUT2D eigenvalue weighted by molar-refractivity contribution is 5.78. The fraction of sp³-hybridized carbons (Fsp3) is 0.429. The molecule has 1 aliphatic rings.